The Morgan fingerprint density at radius 2 is 2.16 bits per heavy atom. The molecule has 0 heterocycles. The lowest BCUT2D eigenvalue weighted by molar-refractivity contribution is 0.0937. The first-order valence-electron chi connectivity index (χ1n) is 6.64. The van der Waals surface area contributed by atoms with Crippen molar-refractivity contribution in [2.75, 3.05) is 13.2 Å². The third-order valence-corrected chi connectivity index (χ3v) is 3.26. The van der Waals surface area contributed by atoms with Crippen LogP contribution >= 0.6 is 0 Å². The Balaban J connectivity index is 1.99. The normalized spacial score (nSPS) is 15.5. The van der Waals surface area contributed by atoms with Crippen LogP contribution in [0.25, 0.3) is 0 Å². The van der Waals surface area contributed by atoms with Crippen LogP contribution in [-0.4, -0.2) is 25.1 Å². The Morgan fingerprint density at radius 3 is 2.79 bits per heavy atom. The van der Waals surface area contributed by atoms with Crippen LogP contribution in [0.5, 0.6) is 5.75 Å². The Labute approximate surface area is 112 Å². The van der Waals surface area contributed by atoms with E-state index in [9.17, 15) is 9.18 Å². The smallest absolute Gasteiger partial charge is 0.251 e. The van der Waals surface area contributed by atoms with E-state index in [1.807, 2.05) is 0 Å². The number of halogens is 1. The van der Waals surface area contributed by atoms with Gasteiger partial charge in [0.25, 0.3) is 5.91 Å². The fourth-order valence-corrected chi connectivity index (χ4v) is 2.27. The third kappa shape index (κ3) is 3.67. The number of ether oxygens (including phenoxy) is 1. The SMILES string of the molecule is NCCOc1ccc(C(=O)NC2CCCC2)cc1F. The van der Waals surface area contributed by atoms with Gasteiger partial charge in [0, 0.05) is 18.2 Å². The fourth-order valence-electron chi connectivity index (χ4n) is 2.27. The topological polar surface area (TPSA) is 64.3 Å². The number of carbonyl (C=O) groups excluding carboxylic acids is 1. The van der Waals surface area contributed by atoms with Crippen molar-refractivity contribution in [1.29, 1.82) is 0 Å². The van der Waals surface area contributed by atoms with Gasteiger partial charge in [0.1, 0.15) is 6.61 Å². The molecular weight excluding hydrogens is 247 g/mol. The molecule has 3 N–H and O–H groups in total. The molecule has 0 radical (unpaired) electrons. The first-order chi connectivity index (χ1) is 9.20. The van der Waals surface area contributed by atoms with Crippen LogP contribution in [-0.2, 0) is 0 Å². The van der Waals surface area contributed by atoms with Gasteiger partial charge in [-0.1, -0.05) is 12.8 Å². The summed E-state index contributed by atoms with van der Waals surface area (Å²) in [6.07, 6.45) is 4.30. The van der Waals surface area contributed by atoms with Gasteiger partial charge in [-0.15, -0.1) is 0 Å². The van der Waals surface area contributed by atoms with Crippen molar-refractivity contribution < 1.29 is 13.9 Å². The van der Waals surface area contributed by atoms with Crippen molar-refractivity contribution in [1.82, 2.24) is 5.32 Å². The second-order valence-corrected chi connectivity index (χ2v) is 4.74. The van der Waals surface area contributed by atoms with Gasteiger partial charge < -0.3 is 15.8 Å². The van der Waals surface area contributed by atoms with Gasteiger partial charge in [0.15, 0.2) is 11.6 Å². The molecule has 1 aromatic carbocycles. The first kappa shape index (κ1) is 13.8. The molecule has 0 atom stereocenters. The van der Waals surface area contributed by atoms with Gasteiger partial charge in [-0.25, -0.2) is 4.39 Å². The molecule has 104 valence electrons. The molecule has 0 aliphatic heterocycles. The molecule has 0 bridgehead atoms. The molecule has 1 aromatic rings. The molecule has 19 heavy (non-hydrogen) atoms. The molecule has 1 fully saturated rings. The standard InChI is InChI=1S/C14H19FN2O2/c15-12-9-10(5-6-13(12)19-8-7-16)14(18)17-11-3-1-2-4-11/h5-6,9,11H,1-4,7-8,16H2,(H,17,18). The molecule has 4 nitrogen and oxygen atoms in total. The fraction of sp³-hybridized carbons (Fsp3) is 0.500. The van der Waals surface area contributed by atoms with Gasteiger partial charge in [0.2, 0.25) is 0 Å². The number of hydrogen-bond donors (Lipinski definition) is 2. The van der Waals surface area contributed by atoms with Crippen LogP contribution in [0.15, 0.2) is 18.2 Å². The molecule has 5 heteroatoms. The Bertz CT molecular complexity index is 445. The van der Waals surface area contributed by atoms with E-state index in [0.29, 0.717) is 12.1 Å². The molecular formula is C14H19FN2O2. The van der Waals surface area contributed by atoms with Crippen LogP contribution in [0, 0.1) is 5.82 Å². The van der Waals surface area contributed by atoms with Crippen molar-refractivity contribution in [3.05, 3.63) is 29.6 Å². The minimum Gasteiger partial charge on any atom is -0.489 e. The summed E-state index contributed by atoms with van der Waals surface area (Å²) in [4.78, 5) is 11.9. The van der Waals surface area contributed by atoms with E-state index in [2.05, 4.69) is 5.32 Å². The highest BCUT2D eigenvalue weighted by atomic mass is 19.1. The maximum atomic E-state index is 13.7. The van der Waals surface area contributed by atoms with Crippen molar-refractivity contribution in [2.24, 2.45) is 5.73 Å². The summed E-state index contributed by atoms with van der Waals surface area (Å²) in [5.74, 6) is -0.633. The number of carbonyl (C=O) groups is 1. The molecule has 1 aliphatic carbocycles. The molecule has 1 aliphatic rings. The van der Waals surface area contributed by atoms with E-state index < -0.39 is 5.82 Å². The molecule has 0 saturated heterocycles. The Kier molecular flexibility index (Phi) is 4.74. The van der Waals surface area contributed by atoms with Crippen molar-refractivity contribution in [2.45, 2.75) is 31.7 Å². The number of nitrogens with one attached hydrogen (secondary N) is 1. The zero-order valence-electron chi connectivity index (χ0n) is 10.8. The second-order valence-electron chi connectivity index (χ2n) is 4.74. The molecule has 0 spiro atoms. The van der Waals surface area contributed by atoms with Crippen molar-refractivity contribution in [3.8, 4) is 5.75 Å². The van der Waals surface area contributed by atoms with Crippen LogP contribution in [0.3, 0.4) is 0 Å². The summed E-state index contributed by atoms with van der Waals surface area (Å²) in [6, 6.07) is 4.47. The first-order valence-corrected chi connectivity index (χ1v) is 6.64. The lowest BCUT2D eigenvalue weighted by Crippen LogP contribution is -2.32. The molecule has 0 unspecified atom stereocenters. The Hall–Kier alpha value is -1.62. The summed E-state index contributed by atoms with van der Waals surface area (Å²) < 4.78 is 18.8. The second kappa shape index (κ2) is 6.52. The maximum absolute atomic E-state index is 13.7. The van der Waals surface area contributed by atoms with Crippen molar-refractivity contribution >= 4 is 5.91 Å². The van der Waals surface area contributed by atoms with Crippen LogP contribution in [0.4, 0.5) is 4.39 Å². The van der Waals surface area contributed by atoms with E-state index in [0.717, 1.165) is 25.7 Å². The van der Waals surface area contributed by atoms with Gasteiger partial charge in [0.05, 0.1) is 0 Å². The van der Waals surface area contributed by atoms with Gasteiger partial charge in [-0.3, -0.25) is 4.79 Å². The van der Waals surface area contributed by atoms with E-state index in [1.54, 1.807) is 6.07 Å². The van der Waals surface area contributed by atoms with Gasteiger partial charge in [-0.2, -0.15) is 0 Å². The minimum atomic E-state index is -0.535. The predicted molar refractivity (Wildman–Crippen MR) is 70.7 cm³/mol. The molecule has 1 amide bonds. The lowest BCUT2D eigenvalue weighted by atomic mass is 10.1. The summed E-state index contributed by atoms with van der Waals surface area (Å²) >= 11 is 0. The molecule has 1 saturated carbocycles. The van der Waals surface area contributed by atoms with Crippen LogP contribution in [0.2, 0.25) is 0 Å². The van der Waals surface area contributed by atoms with E-state index in [1.165, 1.54) is 12.1 Å². The largest absolute Gasteiger partial charge is 0.489 e. The Morgan fingerprint density at radius 1 is 1.42 bits per heavy atom. The van der Waals surface area contributed by atoms with E-state index in [-0.39, 0.29) is 24.3 Å². The van der Waals surface area contributed by atoms with Gasteiger partial charge in [-0.05, 0) is 31.0 Å². The average Bonchev–Trinajstić information content (AvgIpc) is 2.90. The number of rotatable bonds is 5. The summed E-state index contributed by atoms with van der Waals surface area (Å²) in [5.41, 5.74) is 5.61. The van der Waals surface area contributed by atoms with E-state index in [4.69, 9.17) is 10.5 Å². The van der Waals surface area contributed by atoms with E-state index >= 15 is 0 Å². The maximum Gasteiger partial charge on any atom is 0.251 e. The lowest BCUT2D eigenvalue weighted by Gasteiger charge is -2.12. The number of hydrogen-bond acceptors (Lipinski definition) is 3. The van der Waals surface area contributed by atoms with Crippen LogP contribution < -0.4 is 15.8 Å². The highest BCUT2D eigenvalue weighted by Crippen LogP contribution is 2.20. The number of benzene rings is 1. The molecule has 0 aromatic heterocycles. The summed E-state index contributed by atoms with van der Waals surface area (Å²) in [6.45, 7) is 0.577. The number of nitrogens with two attached hydrogens (primary N) is 1. The van der Waals surface area contributed by atoms with Crippen molar-refractivity contribution in [3.63, 3.8) is 0 Å². The monoisotopic (exact) mass is 266 g/mol. The highest BCUT2D eigenvalue weighted by molar-refractivity contribution is 5.94. The molecule has 2 rings (SSSR count). The van der Waals surface area contributed by atoms with Gasteiger partial charge >= 0.3 is 0 Å². The third-order valence-electron chi connectivity index (χ3n) is 3.26. The quantitative estimate of drug-likeness (QED) is 0.854. The average molecular weight is 266 g/mol. The minimum absolute atomic E-state index is 0.128. The highest BCUT2D eigenvalue weighted by Gasteiger charge is 2.18. The summed E-state index contributed by atoms with van der Waals surface area (Å²) in [5, 5.41) is 2.92. The zero-order chi connectivity index (χ0) is 13.7. The number of amides is 1. The predicted octanol–water partition coefficient (Wildman–Crippen LogP) is 1.84. The zero-order valence-corrected chi connectivity index (χ0v) is 10.8. The van der Waals surface area contributed by atoms with Crippen LogP contribution in [0.1, 0.15) is 36.0 Å². The summed E-state index contributed by atoms with van der Waals surface area (Å²) in [7, 11) is 0.